The van der Waals surface area contributed by atoms with Crippen molar-refractivity contribution in [3.8, 4) is 0 Å². The third kappa shape index (κ3) is 3.50. The number of amides is 1. The lowest BCUT2D eigenvalue weighted by Crippen LogP contribution is -2.33. The highest BCUT2D eigenvalue weighted by atomic mass is 32.1. The summed E-state index contributed by atoms with van der Waals surface area (Å²) in [6.07, 6.45) is 0.783. The number of nitrogens with one attached hydrogen (secondary N) is 2. The van der Waals surface area contributed by atoms with Crippen LogP contribution in [0.15, 0.2) is 34.4 Å². The lowest BCUT2D eigenvalue weighted by atomic mass is 9.97. The van der Waals surface area contributed by atoms with Crippen LogP contribution in [0.4, 0.5) is 0 Å². The van der Waals surface area contributed by atoms with Crippen LogP contribution in [-0.2, 0) is 29.0 Å². The van der Waals surface area contributed by atoms with Crippen molar-refractivity contribution in [2.45, 2.75) is 26.4 Å². The van der Waals surface area contributed by atoms with Gasteiger partial charge in [0.25, 0.3) is 11.5 Å². The predicted molar refractivity (Wildman–Crippen MR) is 117 cm³/mol. The van der Waals surface area contributed by atoms with Gasteiger partial charge in [-0.1, -0.05) is 18.2 Å². The SMILES string of the molecule is Cc1nsc2nc(C(=O)NCc3ccc4c(c3)CN(C3=C(N)COC3=O)CC4)[nH]c(=O)c12. The summed E-state index contributed by atoms with van der Waals surface area (Å²) in [6, 6.07) is 5.99. The monoisotopic (exact) mass is 452 g/mol. The van der Waals surface area contributed by atoms with Gasteiger partial charge in [0, 0.05) is 19.6 Å². The molecule has 1 amide bonds. The number of carbonyl (C=O) groups is 2. The van der Waals surface area contributed by atoms with Crippen LogP contribution in [0.25, 0.3) is 10.2 Å². The predicted octanol–water partition coefficient (Wildman–Crippen LogP) is 0.703. The average Bonchev–Trinajstić information content (AvgIpc) is 3.33. The minimum atomic E-state index is -0.471. The summed E-state index contributed by atoms with van der Waals surface area (Å²) < 4.78 is 9.14. The van der Waals surface area contributed by atoms with Crippen molar-refractivity contribution in [1.82, 2.24) is 24.6 Å². The van der Waals surface area contributed by atoms with Crippen molar-refractivity contribution in [2.24, 2.45) is 5.73 Å². The number of cyclic esters (lactones) is 1. The Hall–Kier alpha value is -3.73. The first-order valence-corrected chi connectivity index (χ1v) is 10.8. The maximum Gasteiger partial charge on any atom is 0.356 e. The van der Waals surface area contributed by atoms with Crippen LogP contribution in [0, 0.1) is 6.92 Å². The molecule has 4 heterocycles. The fourth-order valence-corrected chi connectivity index (χ4v) is 4.80. The van der Waals surface area contributed by atoms with Crippen LogP contribution < -0.4 is 16.6 Å². The van der Waals surface area contributed by atoms with E-state index in [-0.39, 0.29) is 30.5 Å². The number of esters is 1. The summed E-state index contributed by atoms with van der Waals surface area (Å²) in [4.78, 5) is 45.9. The maximum atomic E-state index is 12.6. The Morgan fingerprint density at radius 3 is 2.97 bits per heavy atom. The fraction of sp³-hybridized carbons (Fsp3) is 0.286. The normalized spacial score (nSPS) is 15.8. The van der Waals surface area contributed by atoms with Crippen LogP contribution >= 0.6 is 11.5 Å². The lowest BCUT2D eigenvalue weighted by molar-refractivity contribution is -0.137. The number of fused-ring (bicyclic) bond motifs is 2. The number of nitrogens with zero attached hydrogens (tertiary/aromatic N) is 3. The number of benzene rings is 1. The lowest BCUT2D eigenvalue weighted by Gasteiger charge is -2.30. The molecule has 0 saturated heterocycles. The summed E-state index contributed by atoms with van der Waals surface area (Å²) in [5, 5.41) is 3.21. The van der Waals surface area contributed by atoms with Crippen molar-refractivity contribution in [3.63, 3.8) is 0 Å². The van der Waals surface area contributed by atoms with Gasteiger partial charge in [0.2, 0.25) is 5.82 Å². The van der Waals surface area contributed by atoms with E-state index in [4.69, 9.17) is 10.5 Å². The molecule has 10 nitrogen and oxygen atoms in total. The van der Waals surface area contributed by atoms with Gasteiger partial charge in [0.05, 0.1) is 16.8 Å². The summed E-state index contributed by atoms with van der Waals surface area (Å²) >= 11 is 1.09. The second-order valence-electron chi connectivity index (χ2n) is 7.77. The first-order valence-electron chi connectivity index (χ1n) is 10.1. The second-order valence-corrected chi connectivity index (χ2v) is 8.52. The van der Waals surface area contributed by atoms with E-state index in [9.17, 15) is 14.4 Å². The number of carbonyl (C=O) groups excluding carboxylic acids is 2. The van der Waals surface area contributed by atoms with Crippen LogP contribution in [0.3, 0.4) is 0 Å². The molecule has 164 valence electrons. The number of nitrogens with two attached hydrogens (primary N) is 1. The maximum absolute atomic E-state index is 12.6. The van der Waals surface area contributed by atoms with E-state index >= 15 is 0 Å². The molecular weight excluding hydrogens is 432 g/mol. The molecule has 2 aromatic heterocycles. The first-order chi connectivity index (χ1) is 15.4. The van der Waals surface area contributed by atoms with E-state index in [1.54, 1.807) is 6.92 Å². The van der Waals surface area contributed by atoms with Gasteiger partial charge >= 0.3 is 5.97 Å². The van der Waals surface area contributed by atoms with Gasteiger partial charge in [0.1, 0.15) is 12.3 Å². The number of aromatic amines is 1. The fourth-order valence-electron chi connectivity index (χ4n) is 4.02. The smallest absolute Gasteiger partial charge is 0.356 e. The average molecular weight is 452 g/mol. The van der Waals surface area contributed by atoms with E-state index in [1.807, 2.05) is 23.1 Å². The Morgan fingerprint density at radius 1 is 1.34 bits per heavy atom. The molecule has 0 spiro atoms. The number of rotatable bonds is 4. The van der Waals surface area contributed by atoms with Gasteiger partial charge in [0.15, 0.2) is 4.83 Å². The number of aryl methyl sites for hydroxylation is 1. The number of aromatic nitrogens is 3. The Morgan fingerprint density at radius 2 is 2.19 bits per heavy atom. The molecule has 11 heteroatoms. The molecular formula is C21H20N6O4S. The summed E-state index contributed by atoms with van der Waals surface area (Å²) in [6.45, 7) is 3.35. The van der Waals surface area contributed by atoms with Gasteiger partial charge in [-0.25, -0.2) is 9.78 Å². The standard InChI is InChI=1S/C21H20N6O4S/c1-10-15-18(28)24-17(25-20(15)32-26-10)19(29)23-7-11-2-3-12-4-5-27(8-13(12)6-11)16-14(22)9-31-21(16)30/h2-3,6H,4-5,7-9,22H2,1H3,(H,23,29)(H,24,25,28). The molecule has 2 aliphatic rings. The molecule has 32 heavy (non-hydrogen) atoms. The number of hydrogen-bond donors (Lipinski definition) is 3. The minimum absolute atomic E-state index is 0.0440. The third-order valence-corrected chi connectivity index (χ3v) is 6.47. The van der Waals surface area contributed by atoms with E-state index in [0.29, 0.717) is 40.4 Å². The molecule has 0 radical (unpaired) electrons. The molecule has 0 saturated carbocycles. The molecule has 5 rings (SSSR count). The van der Waals surface area contributed by atoms with Gasteiger partial charge in [-0.2, -0.15) is 4.37 Å². The topological polar surface area (TPSA) is 143 Å². The Labute approximate surface area is 186 Å². The molecule has 0 unspecified atom stereocenters. The highest BCUT2D eigenvalue weighted by Gasteiger charge is 2.30. The largest absolute Gasteiger partial charge is 0.454 e. The molecule has 4 N–H and O–H groups in total. The van der Waals surface area contributed by atoms with Gasteiger partial charge in [-0.15, -0.1) is 0 Å². The van der Waals surface area contributed by atoms with Crippen molar-refractivity contribution in [2.75, 3.05) is 13.2 Å². The zero-order valence-electron chi connectivity index (χ0n) is 17.2. The molecule has 0 fully saturated rings. The molecule has 0 bridgehead atoms. The number of ether oxygens (including phenoxy) is 1. The molecule has 1 aromatic carbocycles. The quantitative estimate of drug-likeness (QED) is 0.491. The van der Waals surface area contributed by atoms with E-state index in [2.05, 4.69) is 19.7 Å². The van der Waals surface area contributed by atoms with Crippen LogP contribution in [-0.4, -0.2) is 44.3 Å². The third-order valence-electron chi connectivity index (χ3n) is 5.64. The van der Waals surface area contributed by atoms with E-state index < -0.39 is 5.91 Å². The number of hydrogen-bond acceptors (Lipinski definition) is 9. The highest BCUT2D eigenvalue weighted by Crippen LogP contribution is 2.26. The zero-order valence-corrected chi connectivity index (χ0v) is 18.0. The van der Waals surface area contributed by atoms with Crippen molar-refractivity contribution in [1.29, 1.82) is 0 Å². The van der Waals surface area contributed by atoms with Crippen molar-refractivity contribution < 1.29 is 14.3 Å². The molecule has 2 aliphatic heterocycles. The van der Waals surface area contributed by atoms with Crippen LogP contribution in [0.2, 0.25) is 0 Å². The van der Waals surface area contributed by atoms with Gasteiger partial charge in [-0.3, -0.25) is 9.59 Å². The Kier molecular flexibility index (Phi) is 4.89. The summed E-state index contributed by atoms with van der Waals surface area (Å²) in [5.41, 5.74) is 10.2. The van der Waals surface area contributed by atoms with Crippen LogP contribution in [0.5, 0.6) is 0 Å². The molecule has 0 aliphatic carbocycles. The van der Waals surface area contributed by atoms with Crippen LogP contribution in [0.1, 0.15) is 33.0 Å². The molecule has 3 aromatic rings. The van der Waals surface area contributed by atoms with E-state index in [1.165, 1.54) is 5.56 Å². The van der Waals surface area contributed by atoms with Gasteiger partial charge in [-0.05, 0) is 41.6 Å². The minimum Gasteiger partial charge on any atom is -0.454 e. The Bertz CT molecular complexity index is 1360. The first kappa shape index (κ1) is 20.2. The Balaban J connectivity index is 1.31. The molecule has 0 atom stereocenters. The summed E-state index contributed by atoms with van der Waals surface area (Å²) in [5.74, 6) is -0.901. The summed E-state index contributed by atoms with van der Waals surface area (Å²) in [7, 11) is 0. The van der Waals surface area contributed by atoms with Gasteiger partial charge < -0.3 is 25.7 Å². The number of H-pyrrole nitrogens is 1. The second kappa shape index (κ2) is 7.75. The van der Waals surface area contributed by atoms with Crippen molar-refractivity contribution >= 4 is 33.6 Å². The van der Waals surface area contributed by atoms with E-state index in [0.717, 1.165) is 29.1 Å². The van der Waals surface area contributed by atoms with Crippen molar-refractivity contribution in [3.05, 3.63) is 68.2 Å². The highest BCUT2D eigenvalue weighted by molar-refractivity contribution is 7.12. The zero-order chi connectivity index (χ0) is 22.4.